The fourth-order valence-electron chi connectivity index (χ4n) is 7.14. The lowest BCUT2D eigenvalue weighted by Gasteiger charge is -2.24. The van der Waals surface area contributed by atoms with Gasteiger partial charge in [0.2, 0.25) is 5.91 Å². The van der Waals surface area contributed by atoms with Crippen molar-refractivity contribution in [1.29, 1.82) is 0 Å². The van der Waals surface area contributed by atoms with Crippen LogP contribution >= 0.6 is 0 Å². The smallest absolute Gasteiger partial charge is 0.306 e. The summed E-state index contributed by atoms with van der Waals surface area (Å²) in [6, 6.07) is -0.717. The summed E-state index contributed by atoms with van der Waals surface area (Å²) in [6.07, 6.45) is 55.6. The van der Waals surface area contributed by atoms with E-state index in [0.29, 0.717) is 19.3 Å². The van der Waals surface area contributed by atoms with Crippen molar-refractivity contribution in [3.05, 3.63) is 60.8 Å². The second-order valence-electron chi connectivity index (χ2n) is 16.6. The molecule has 6 heteroatoms. The molecule has 0 aromatic carbocycles. The highest BCUT2D eigenvalue weighted by molar-refractivity contribution is 5.77. The lowest BCUT2D eigenvalue weighted by molar-refractivity contribution is -0.151. The Morgan fingerprint density at radius 3 is 1.43 bits per heavy atom. The predicted molar refractivity (Wildman–Crippen MR) is 250 cm³/mol. The highest BCUT2D eigenvalue weighted by Gasteiger charge is 2.24. The van der Waals surface area contributed by atoms with Crippen molar-refractivity contribution in [3.63, 3.8) is 0 Å². The van der Waals surface area contributed by atoms with Crippen LogP contribution in [0.2, 0.25) is 0 Å². The van der Waals surface area contributed by atoms with Gasteiger partial charge in [-0.25, -0.2) is 0 Å². The van der Waals surface area contributed by atoms with Crippen molar-refractivity contribution in [2.75, 3.05) is 6.61 Å². The van der Waals surface area contributed by atoms with Crippen molar-refractivity contribution >= 4 is 11.9 Å². The molecule has 0 heterocycles. The van der Waals surface area contributed by atoms with Crippen LogP contribution < -0.4 is 5.32 Å². The van der Waals surface area contributed by atoms with Gasteiger partial charge in [0.05, 0.1) is 25.2 Å². The Hall–Kier alpha value is -2.44. The van der Waals surface area contributed by atoms with Gasteiger partial charge in [0.15, 0.2) is 0 Å². The van der Waals surface area contributed by atoms with Crippen LogP contribution in [0, 0.1) is 0 Å². The molecule has 0 aliphatic carbocycles. The van der Waals surface area contributed by atoms with E-state index in [1.165, 1.54) is 103 Å². The molecule has 0 bridgehead atoms. The average Bonchev–Trinajstić information content (AvgIpc) is 3.22. The minimum absolute atomic E-state index is 0.0444. The Balaban J connectivity index is 4.73. The molecule has 6 nitrogen and oxygen atoms in total. The predicted octanol–water partition coefficient (Wildman–Crippen LogP) is 14.5. The number of rotatable bonds is 43. The molecule has 0 rings (SSSR count). The third-order valence-corrected chi connectivity index (χ3v) is 10.9. The van der Waals surface area contributed by atoms with Crippen LogP contribution in [0.25, 0.3) is 0 Å². The summed E-state index contributed by atoms with van der Waals surface area (Å²) in [5.41, 5.74) is 0. The fraction of sp³-hybridized carbons (Fsp3) is 0.769. The summed E-state index contributed by atoms with van der Waals surface area (Å²) in [5, 5.41) is 23.7. The molecule has 3 N–H and O–H groups in total. The van der Waals surface area contributed by atoms with Crippen LogP contribution in [-0.2, 0) is 14.3 Å². The summed E-state index contributed by atoms with van der Waals surface area (Å²) in [5.74, 6) is -0.533. The molecule has 336 valence electrons. The quantitative estimate of drug-likeness (QED) is 0.0247. The van der Waals surface area contributed by atoms with Gasteiger partial charge in [-0.2, -0.15) is 0 Å². The van der Waals surface area contributed by atoms with E-state index in [4.69, 9.17) is 4.74 Å². The zero-order valence-electron chi connectivity index (χ0n) is 38.2. The molecule has 1 amide bonds. The van der Waals surface area contributed by atoms with Gasteiger partial charge in [-0.1, -0.05) is 204 Å². The molecule has 0 spiro atoms. The number of hydrogen-bond acceptors (Lipinski definition) is 5. The van der Waals surface area contributed by atoms with Gasteiger partial charge in [0.1, 0.15) is 6.10 Å². The molecule has 0 aliphatic rings. The first kappa shape index (κ1) is 55.6. The first-order valence-electron chi connectivity index (χ1n) is 24.6. The maximum Gasteiger partial charge on any atom is 0.306 e. The van der Waals surface area contributed by atoms with Crippen LogP contribution in [0.4, 0.5) is 0 Å². The van der Waals surface area contributed by atoms with Gasteiger partial charge in [-0.3, -0.25) is 9.59 Å². The maximum atomic E-state index is 13.2. The van der Waals surface area contributed by atoms with Crippen LogP contribution in [0.1, 0.15) is 233 Å². The SMILES string of the molecule is CCCCC/C=C/C=C/C=C/C=C/CCCCCC(CC(=O)NC(CO)C(O)CCCCCCCCCCCC)OC(=O)CCCCC/C=C\CCCCCCCC. The average molecular weight is 812 g/mol. The van der Waals surface area contributed by atoms with Crippen molar-refractivity contribution in [1.82, 2.24) is 5.32 Å². The van der Waals surface area contributed by atoms with Crippen molar-refractivity contribution < 1.29 is 24.5 Å². The number of esters is 1. The number of carbonyl (C=O) groups excluding carboxylic acids is 2. The van der Waals surface area contributed by atoms with E-state index in [-0.39, 0.29) is 24.9 Å². The van der Waals surface area contributed by atoms with Crippen LogP contribution in [-0.4, -0.2) is 46.9 Å². The fourth-order valence-corrected chi connectivity index (χ4v) is 7.14. The molecule has 0 saturated carbocycles. The summed E-state index contributed by atoms with van der Waals surface area (Å²) in [6.45, 7) is 6.40. The van der Waals surface area contributed by atoms with E-state index in [0.717, 1.165) is 83.5 Å². The van der Waals surface area contributed by atoms with E-state index < -0.39 is 18.2 Å². The number of ether oxygens (including phenoxy) is 1. The monoisotopic (exact) mass is 812 g/mol. The number of unbranched alkanes of at least 4 members (excludes halogenated alkanes) is 24. The number of carbonyl (C=O) groups is 2. The Morgan fingerprint density at radius 2 is 0.897 bits per heavy atom. The second-order valence-corrected chi connectivity index (χ2v) is 16.6. The van der Waals surface area contributed by atoms with E-state index in [1.807, 2.05) is 6.08 Å². The Labute approximate surface area is 358 Å². The first-order chi connectivity index (χ1) is 28.5. The zero-order chi connectivity index (χ0) is 42.4. The third kappa shape index (κ3) is 40.3. The van der Waals surface area contributed by atoms with Crippen molar-refractivity contribution in [2.24, 2.45) is 0 Å². The van der Waals surface area contributed by atoms with E-state index in [2.05, 4.69) is 80.8 Å². The molecule has 3 unspecified atom stereocenters. The number of amides is 1. The van der Waals surface area contributed by atoms with E-state index in [1.54, 1.807) is 0 Å². The molecule has 0 radical (unpaired) electrons. The zero-order valence-corrected chi connectivity index (χ0v) is 38.2. The number of nitrogens with one attached hydrogen (secondary N) is 1. The molecule has 3 atom stereocenters. The van der Waals surface area contributed by atoms with Gasteiger partial charge in [0, 0.05) is 6.42 Å². The van der Waals surface area contributed by atoms with E-state index in [9.17, 15) is 19.8 Å². The Kier molecular flexibility index (Phi) is 43.7. The number of hydrogen-bond donors (Lipinski definition) is 3. The number of allylic oxidation sites excluding steroid dienone is 10. The summed E-state index contributed by atoms with van der Waals surface area (Å²) in [4.78, 5) is 26.0. The van der Waals surface area contributed by atoms with Crippen molar-refractivity contribution in [3.8, 4) is 0 Å². The highest BCUT2D eigenvalue weighted by atomic mass is 16.5. The molecule has 0 saturated heterocycles. The van der Waals surface area contributed by atoms with Crippen LogP contribution in [0.3, 0.4) is 0 Å². The number of aliphatic hydroxyl groups is 2. The molecule has 0 aromatic heterocycles. The molecule has 58 heavy (non-hydrogen) atoms. The third-order valence-electron chi connectivity index (χ3n) is 10.9. The van der Waals surface area contributed by atoms with Gasteiger partial charge < -0.3 is 20.3 Å². The summed E-state index contributed by atoms with van der Waals surface area (Å²) >= 11 is 0. The normalized spacial score (nSPS) is 13.8. The summed E-state index contributed by atoms with van der Waals surface area (Å²) < 4.78 is 5.89. The highest BCUT2D eigenvalue weighted by Crippen LogP contribution is 2.17. The largest absolute Gasteiger partial charge is 0.462 e. The Bertz CT molecular complexity index is 1050. The van der Waals surface area contributed by atoms with Crippen LogP contribution in [0.5, 0.6) is 0 Å². The second kappa shape index (κ2) is 45.6. The van der Waals surface area contributed by atoms with Gasteiger partial charge in [-0.05, 0) is 77.0 Å². The molecule has 0 aromatic rings. The topological polar surface area (TPSA) is 95.9 Å². The lowest BCUT2D eigenvalue weighted by atomic mass is 10.0. The molecule has 0 aliphatic heterocycles. The van der Waals surface area contributed by atoms with Gasteiger partial charge in [0.25, 0.3) is 0 Å². The molecular formula is C52H93NO5. The molecule has 0 fully saturated rings. The minimum atomic E-state index is -0.800. The van der Waals surface area contributed by atoms with Gasteiger partial charge >= 0.3 is 5.97 Å². The minimum Gasteiger partial charge on any atom is -0.462 e. The van der Waals surface area contributed by atoms with Crippen LogP contribution in [0.15, 0.2) is 60.8 Å². The lowest BCUT2D eigenvalue weighted by Crippen LogP contribution is -2.46. The van der Waals surface area contributed by atoms with Crippen molar-refractivity contribution in [2.45, 2.75) is 251 Å². The Morgan fingerprint density at radius 1 is 0.500 bits per heavy atom. The van der Waals surface area contributed by atoms with Gasteiger partial charge in [-0.15, -0.1) is 0 Å². The first-order valence-corrected chi connectivity index (χ1v) is 24.6. The molecular weight excluding hydrogens is 719 g/mol. The standard InChI is InChI=1S/C52H93NO5/c1-4-7-10-13-16-19-22-24-25-26-28-29-31-34-37-40-43-48(58-52(57)45-42-39-36-33-30-27-23-20-17-14-11-8-5-2)46-51(56)53-49(47-54)50(55)44-41-38-35-32-21-18-15-12-9-6-3/h16,19,22,24-30,48-50,54-55H,4-15,17-18,20-21,23,31-47H2,1-3H3,(H,53,56)/b19-16+,24-22+,26-25+,29-28+,30-27-. The van der Waals surface area contributed by atoms with E-state index >= 15 is 0 Å². The summed E-state index contributed by atoms with van der Waals surface area (Å²) in [7, 11) is 0. The maximum absolute atomic E-state index is 13.2. The number of aliphatic hydroxyl groups excluding tert-OH is 2.